The molecule has 1 saturated heterocycles. The number of aliphatic hydroxyl groups excluding tert-OH is 1. The maximum Gasteiger partial charge on any atom is 0.407 e. The molecule has 8 nitrogen and oxygen atoms in total. The lowest BCUT2D eigenvalue weighted by molar-refractivity contribution is -0.245. The number of oxazole rings is 1. The molecule has 9 heteroatoms. The number of aliphatic hydroxyl groups is 1. The first-order valence-electron chi connectivity index (χ1n) is 17.5. The third-order valence-electron chi connectivity index (χ3n) is 8.97. The van der Waals surface area contributed by atoms with Crippen LogP contribution in [0.4, 0.5) is 4.79 Å². The van der Waals surface area contributed by atoms with Gasteiger partial charge in [0.05, 0.1) is 18.8 Å². The van der Waals surface area contributed by atoms with Gasteiger partial charge in [0.15, 0.2) is 12.1 Å². The number of hydrogen-bond donors (Lipinski definition) is 2. The number of nitrogens with zero attached hydrogens (tertiary/aromatic N) is 1. The zero-order chi connectivity index (χ0) is 36.4. The summed E-state index contributed by atoms with van der Waals surface area (Å²) in [4.78, 5) is 17.0. The minimum absolute atomic E-state index is 0.0200. The van der Waals surface area contributed by atoms with Crippen molar-refractivity contribution in [3.8, 4) is 33.7 Å². The molecule has 0 radical (unpaired) electrons. The number of rotatable bonds is 13. The molecule has 53 heavy (non-hydrogen) atoms. The van der Waals surface area contributed by atoms with Gasteiger partial charge in [0.25, 0.3) is 5.22 Å². The van der Waals surface area contributed by atoms with E-state index in [0.717, 1.165) is 56.0 Å². The summed E-state index contributed by atoms with van der Waals surface area (Å²) in [6, 6.07) is 44.1. The third kappa shape index (κ3) is 8.96. The minimum Gasteiger partial charge on any atom is -0.445 e. The molecule has 268 valence electrons. The van der Waals surface area contributed by atoms with Gasteiger partial charge >= 0.3 is 6.09 Å². The van der Waals surface area contributed by atoms with E-state index in [1.165, 1.54) is 17.8 Å². The predicted octanol–water partition coefficient (Wildman–Crippen LogP) is 9.92. The molecular formula is C44H40N2O6S. The van der Waals surface area contributed by atoms with Crippen molar-refractivity contribution >= 4 is 17.9 Å². The van der Waals surface area contributed by atoms with Gasteiger partial charge in [-0.25, -0.2) is 9.78 Å². The van der Waals surface area contributed by atoms with Gasteiger partial charge in [0.1, 0.15) is 12.3 Å². The van der Waals surface area contributed by atoms with Crippen LogP contribution in [0.1, 0.15) is 41.1 Å². The molecule has 2 N–H and O–H groups in total. The van der Waals surface area contributed by atoms with E-state index in [9.17, 15) is 9.90 Å². The number of benzene rings is 5. The lowest BCUT2D eigenvalue weighted by Crippen LogP contribution is -2.31. The number of alkyl carbamates (subject to hydrolysis) is 1. The third-order valence-corrected chi connectivity index (χ3v) is 9.93. The van der Waals surface area contributed by atoms with E-state index in [2.05, 4.69) is 11.9 Å². The molecule has 7 rings (SSSR count). The smallest absolute Gasteiger partial charge is 0.407 e. The molecule has 0 spiro atoms. The van der Waals surface area contributed by atoms with Gasteiger partial charge in [-0.2, -0.15) is 0 Å². The van der Waals surface area contributed by atoms with Gasteiger partial charge in [-0.3, -0.25) is 0 Å². The fraction of sp³-hybridized carbons (Fsp3) is 0.182. The van der Waals surface area contributed by atoms with Crippen LogP contribution in [0.15, 0.2) is 156 Å². The second-order valence-electron chi connectivity index (χ2n) is 12.6. The minimum atomic E-state index is -0.619. The molecule has 5 aromatic carbocycles. The number of carbonyl (C=O) groups excluding carboxylic acids is 1. The van der Waals surface area contributed by atoms with Crippen LogP contribution in [0.5, 0.6) is 0 Å². The number of thioether (sulfide) groups is 1. The van der Waals surface area contributed by atoms with Gasteiger partial charge in [0.2, 0.25) is 0 Å². The number of hydrogen-bond acceptors (Lipinski definition) is 8. The Labute approximate surface area is 313 Å². The van der Waals surface area contributed by atoms with Crippen molar-refractivity contribution in [1.29, 1.82) is 0 Å². The number of carbonyl (C=O) groups is 1. The maximum absolute atomic E-state index is 12.1. The highest BCUT2D eigenvalue weighted by molar-refractivity contribution is 7.99. The van der Waals surface area contributed by atoms with E-state index in [0.29, 0.717) is 23.9 Å². The van der Waals surface area contributed by atoms with Gasteiger partial charge < -0.3 is 29.1 Å². The Kier molecular flexibility index (Phi) is 11.8. The standard InChI is InChI=1S/C44H40N2O6S/c1-2-25-49-43(48)45-27-36-15-9-10-16-38(36)31-21-23-35(24-22-31)42-50-37(26-39(51-42)32-19-17-30(28-47)18-20-32)29-53-44-46-40(33-11-5-3-6-12-33)41(52-44)34-13-7-4-8-14-34/h2-24,37,39,42,47H,1,25-29H2,(H,45,48)/t37-,39+,42+/m1/s1. The van der Waals surface area contributed by atoms with Gasteiger partial charge in [-0.1, -0.05) is 158 Å². The highest BCUT2D eigenvalue weighted by Gasteiger charge is 2.33. The molecule has 1 aliphatic heterocycles. The van der Waals surface area contributed by atoms with Crippen LogP contribution in [-0.2, 0) is 27.4 Å². The molecule has 0 bridgehead atoms. The molecule has 1 amide bonds. The molecule has 1 aliphatic rings. The molecule has 2 heterocycles. The number of nitrogens with one attached hydrogen (secondary N) is 1. The first kappa shape index (κ1) is 35.9. The van der Waals surface area contributed by atoms with Crippen LogP contribution in [0.2, 0.25) is 0 Å². The second-order valence-corrected chi connectivity index (χ2v) is 13.5. The van der Waals surface area contributed by atoms with Crippen molar-refractivity contribution in [2.75, 3.05) is 12.4 Å². The molecule has 3 atom stereocenters. The molecule has 6 aromatic rings. The fourth-order valence-corrected chi connectivity index (χ4v) is 7.10. The largest absolute Gasteiger partial charge is 0.445 e. The SMILES string of the molecule is C=CCOC(=O)NCc1ccccc1-c1ccc([C@H]2O[C@@H](CSc3nc(-c4ccccc4)c(-c4ccccc4)o3)C[C@@H](c3ccc(CO)cc3)O2)cc1. The number of aromatic nitrogens is 1. The van der Waals surface area contributed by atoms with E-state index >= 15 is 0 Å². The Morgan fingerprint density at radius 1 is 0.830 bits per heavy atom. The van der Waals surface area contributed by atoms with Crippen molar-refractivity contribution in [3.05, 3.63) is 168 Å². The van der Waals surface area contributed by atoms with E-state index in [1.807, 2.05) is 133 Å². The van der Waals surface area contributed by atoms with Crippen molar-refractivity contribution in [1.82, 2.24) is 10.3 Å². The van der Waals surface area contributed by atoms with Crippen molar-refractivity contribution in [2.45, 2.75) is 43.3 Å². The molecule has 1 aromatic heterocycles. The van der Waals surface area contributed by atoms with Crippen LogP contribution >= 0.6 is 11.8 Å². The fourth-order valence-electron chi connectivity index (χ4n) is 6.26. The normalized spacial score (nSPS) is 16.9. The Balaban J connectivity index is 1.11. The summed E-state index contributed by atoms with van der Waals surface area (Å²) in [5.41, 5.74) is 8.46. The van der Waals surface area contributed by atoms with Crippen LogP contribution < -0.4 is 5.32 Å². The summed E-state index contributed by atoms with van der Waals surface area (Å²) in [6.07, 6.45) is 0.639. The summed E-state index contributed by atoms with van der Waals surface area (Å²) in [5.74, 6) is 1.33. The molecule has 0 unspecified atom stereocenters. The zero-order valence-electron chi connectivity index (χ0n) is 29.1. The summed E-state index contributed by atoms with van der Waals surface area (Å²) in [7, 11) is 0. The molecule has 0 aliphatic carbocycles. The Morgan fingerprint density at radius 3 is 2.23 bits per heavy atom. The second kappa shape index (κ2) is 17.4. The van der Waals surface area contributed by atoms with Gasteiger partial charge in [-0.05, 0) is 27.8 Å². The lowest BCUT2D eigenvalue weighted by Gasteiger charge is -2.36. The molecule has 0 saturated carbocycles. The summed E-state index contributed by atoms with van der Waals surface area (Å²) < 4.78 is 24.7. The average molecular weight is 725 g/mol. The highest BCUT2D eigenvalue weighted by Crippen LogP contribution is 2.41. The van der Waals surface area contributed by atoms with Crippen LogP contribution in [0.3, 0.4) is 0 Å². The lowest BCUT2D eigenvalue weighted by atomic mass is 9.98. The highest BCUT2D eigenvalue weighted by atomic mass is 32.2. The van der Waals surface area contributed by atoms with Crippen molar-refractivity contribution in [2.24, 2.45) is 0 Å². The number of ether oxygens (including phenoxy) is 3. The zero-order valence-corrected chi connectivity index (χ0v) is 29.9. The first-order valence-corrected chi connectivity index (χ1v) is 18.5. The summed E-state index contributed by atoms with van der Waals surface area (Å²) in [6.45, 7) is 4.04. The maximum atomic E-state index is 12.1. The van der Waals surface area contributed by atoms with Crippen LogP contribution in [-0.4, -0.2) is 34.6 Å². The van der Waals surface area contributed by atoms with Crippen LogP contribution in [0, 0.1) is 0 Å². The summed E-state index contributed by atoms with van der Waals surface area (Å²) in [5, 5.41) is 13.0. The molecule has 1 fully saturated rings. The van der Waals surface area contributed by atoms with E-state index < -0.39 is 12.4 Å². The number of amides is 1. The predicted molar refractivity (Wildman–Crippen MR) is 207 cm³/mol. The monoisotopic (exact) mass is 724 g/mol. The quantitative estimate of drug-likeness (QED) is 0.0897. The Bertz CT molecular complexity index is 2050. The van der Waals surface area contributed by atoms with Gasteiger partial charge in [-0.15, -0.1) is 0 Å². The van der Waals surface area contributed by atoms with E-state index in [1.54, 1.807) is 0 Å². The van der Waals surface area contributed by atoms with Crippen LogP contribution in [0.25, 0.3) is 33.7 Å². The first-order chi connectivity index (χ1) is 26.1. The topological polar surface area (TPSA) is 103 Å². The summed E-state index contributed by atoms with van der Waals surface area (Å²) >= 11 is 1.53. The average Bonchev–Trinajstić information content (AvgIpc) is 3.66. The molecular weight excluding hydrogens is 685 g/mol. The Hall–Kier alpha value is -5.45. The van der Waals surface area contributed by atoms with Crippen molar-refractivity contribution < 1.29 is 28.5 Å². The van der Waals surface area contributed by atoms with Crippen molar-refractivity contribution in [3.63, 3.8) is 0 Å². The Morgan fingerprint density at radius 2 is 1.51 bits per heavy atom. The van der Waals surface area contributed by atoms with E-state index in [-0.39, 0.29) is 25.4 Å². The van der Waals surface area contributed by atoms with Gasteiger partial charge in [0, 0.05) is 35.4 Å². The van der Waals surface area contributed by atoms with E-state index in [4.69, 9.17) is 23.6 Å².